The Morgan fingerprint density at radius 2 is 2.00 bits per heavy atom. The number of aromatic hydroxyl groups is 1. The lowest BCUT2D eigenvalue weighted by atomic mass is 10.1. The average Bonchev–Trinajstić information content (AvgIpc) is 2.59. The van der Waals surface area contributed by atoms with Crippen LogP contribution in [0.15, 0.2) is 41.5 Å². The van der Waals surface area contributed by atoms with Crippen molar-refractivity contribution < 1.29 is 19.4 Å². The monoisotopic (exact) mass is 382 g/mol. The van der Waals surface area contributed by atoms with Crippen molar-refractivity contribution in [2.24, 2.45) is 5.10 Å². The highest BCUT2D eigenvalue weighted by Gasteiger charge is 2.09. The molecule has 0 fully saturated rings. The zero-order chi connectivity index (χ0) is 18.4. The van der Waals surface area contributed by atoms with Gasteiger partial charge >= 0.3 is 0 Å². The fourth-order valence-electron chi connectivity index (χ4n) is 1.91. The Morgan fingerprint density at radius 3 is 2.68 bits per heavy atom. The molecule has 0 aromatic heterocycles. The summed E-state index contributed by atoms with van der Waals surface area (Å²) in [5.74, 6) is 0.454. The molecule has 0 bridgehead atoms. The largest absolute Gasteiger partial charge is 0.507 e. The number of hydrogen-bond acceptors (Lipinski definition) is 5. The molecule has 0 saturated carbocycles. The van der Waals surface area contributed by atoms with Crippen LogP contribution in [0.4, 0.5) is 0 Å². The van der Waals surface area contributed by atoms with E-state index < -0.39 is 5.91 Å². The van der Waals surface area contributed by atoms with Crippen molar-refractivity contribution in [1.82, 2.24) is 5.43 Å². The summed E-state index contributed by atoms with van der Waals surface area (Å²) in [6.45, 7) is 1.37. The Morgan fingerprint density at radius 1 is 1.24 bits per heavy atom. The number of carbonyl (C=O) groups is 1. The fourth-order valence-corrected chi connectivity index (χ4v) is 2.37. The topological polar surface area (TPSA) is 80.2 Å². The molecule has 0 aliphatic carbocycles. The highest BCUT2D eigenvalue weighted by molar-refractivity contribution is 6.35. The summed E-state index contributed by atoms with van der Waals surface area (Å²) in [6, 6.07) is 9.42. The number of amides is 1. The number of hydrogen-bond donors (Lipinski definition) is 2. The predicted molar refractivity (Wildman–Crippen MR) is 97.0 cm³/mol. The second kappa shape index (κ2) is 8.60. The first-order valence-corrected chi connectivity index (χ1v) is 7.94. The van der Waals surface area contributed by atoms with Gasteiger partial charge < -0.3 is 14.6 Å². The van der Waals surface area contributed by atoms with Gasteiger partial charge in [0.1, 0.15) is 17.2 Å². The smallest absolute Gasteiger partial charge is 0.277 e. The number of ether oxygens (including phenoxy) is 2. The van der Waals surface area contributed by atoms with E-state index in [4.69, 9.17) is 32.7 Å². The van der Waals surface area contributed by atoms with Crippen LogP contribution in [0.5, 0.6) is 17.2 Å². The van der Waals surface area contributed by atoms with E-state index in [1.165, 1.54) is 19.2 Å². The lowest BCUT2D eigenvalue weighted by molar-refractivity contribution is -0.123. The Hall–Kier alpha value is -2.44. The Labute approximate surface area is 155 Å². The van der Waals surface area contributed by atoms with Gasteiger partial charge in [-0.15, -0.1) is 0 Å². The van der Waals surface area contributed by atoms with E-state index in [0.717, 1.165) is 0 Å². The van der Waals surface area contributed by atoms with E-state index in [9.17, 15) is 9.90 Å². The van der Waals surface area contributed by atoms with Crippen LogP contribution in [0, 0.1) is 0 Å². The summed E-state index contributed by atoms with van der Waals surface area (Å²) in [5, 5.41) is 14.6. The number of nitrogens with one attached hydrogen (secondary N) is 1. The Kier molecular flexibility index (Phi) is 6.50. The van der Waals surface area contributed by atoms with Crippen molar-refractivity contribution in [2.75, 3.05) is 13.7 Å². The molecule has 0 aliphatic heterocycles. The summed E-state index contributed by atoms with van der Waals surface area (Å²) >= 11 is 11.7. The van der Waals surface area contributed by atoms with Crippen LogP contribution in [-0.4, -0.2) is 30.4 Å². The van der Waals surface area contributed by atoms with E-state index in [-0.39, 0.29) is 12.4 Å². The van der Waals surface area contributed by atoms with Gasteiger partial charge in [-0.2, -0.15) is 5.10 Å². The number of rotatable bonds is 6. The van der Waals surface area contributed by atoms with Crippen LogP contribution < -0.4 is 14.9 Å². The summed E-state index contributed by atoms with van der Waals surface area (Å²) in [7, 11) is 1.52. The van der Waals surface area contributed by atoms with Gasteiger partial charge in [0, 0.05) is 10.6 Å². The van der Waals surface area contributed by atoms with Gasteiger partial charge in [0.25, 0.3) is 5.91 Å². The highest BCUT2D eigenvalue weighted by atomic mass is 35.5. The third-order valence-corrected chi connectivity index (χ3v) is 3.72. The maximum atomic E-state index is 11.8. The van der Waals surface area contributed by atoms with E-state index in [0.29, 0.717) is 32.8 Å². The van der Waals surface area contributed by atoms with Gasteiger partial charge in [-0.25, -0.2) is 5.43 Å². The van der Waals surface area contributed by atoms with Crippen LogP contribution in [0.2, 0.25) is 10.0 Å². The molecule has 25 heavy (non-hydrogen) atoms. The number of phenols is 1. The minimum Gasteiger partial charge on any atom is -0.507 e. The van der Waals surface area contributed by atoms with Crippen LogP contribution in [0.1, 0.15) is 12.5 Å². The van der Waals surface area contributed by atoms with Crippen molar-refractivity contribution in [3.05, 3.63) is 52.0 Å². The molecule has 2 aromatic carbocycles. The number of benzene rings is 2. The zero-order valence-corrected chi connectivity index (χ0v) is 15.1. The van der Waals surface area contributed by atoms with Gasteiger partial charge in [0.15, 0.2) is 6.61 Å². The molecule has 0 unspecified atom stereocenters. The molecule has 0 saturated heterocycles. The fraction of sp³-hybridized carbons (Fsp3) is 0.176. The average molecular weight is 383 g/mol. The SMILES string of the molecule is COc1ccc(O)c(/C(C)=N/NC(=O)COc2ccc(Cl)cc2Cl)c1. The predicted octanol–water partition coefficient (Wildman–Crippen LogP) is 3.63. The molecule has 0 spiro atoms. The van der Waals surface area contributed by atoms with Gasteiger partial charge in [0.05, 0.1) is 17.8 Å². The number of hydrazone groups is 1. The van der Waals surface area contributed by atoms with Crippen LogP contribution in [0.3, 0.4) is 0 Å². The Bertz CT molecular complexity index is 809. The summed E-state index contributed by atoms with van der Waals surface area (Å²) < 4.78 is 10.4. The molecule has 132 valence electrons. The molecule has 2 aromatic rings. The molecule has 0 atom stereocenters. The molecule has 0 aliphatic rings. The lowest BCUT2D eigenvalue weighted by Crippen LogP contribution is -2.25. The van der Waals surface area contributed by atoms with E-state index >= 15 is 0 Å². The molecule has 2 rings (SSSR count). The van der Waals surface area contributed by atoms with Crippen LogP contribution in [-0.2, 0) is 4.79 Å². The second-order valence-corrected chi connectivity index (χ2v) is 5.82. The zero-order valence-electron chi connectivity index (χ0n) is 13.5. The van der Waals surface area contributed by atoms with Crippen LogP contribution >= 0.6 is 23.2 Å². The number of phenolic OH excluding ortho intramolecular Hbond substituents is 1. The van der Waals surface area contributed by atoms with Gasteiger partial charge in [0.2, 0.25) is 0 Å². The second-order valence-electron chi connectivity index (χ2n) is 4.98. The minimum atomic E-state index is -0.479. The molecule has 8 heteroatoms. The Balaban J connectivity index is 1.97. The standard InChI is InChI=1S/C17H16Cl2N2O4/c1-10(13-8-12(24-2)4-5-15(13)22)20-21-17(23)9-25-16-6-3-11(18)7-14(16)19/h3-8,22H,9H2,1-2H3,(H,21,23)/b20-10+. The van der Waals surface area contributed by atoms with Crippen molar-refractivity contribution in [3.63, 3.8) is 0 Å². The number of halogens is 2. The molecule has 2 N–H and O–H groups in total. The third kappa shape index (κ3) is 5.27. The van der Waals surface area contributed by atoms with Crippen molar-refractivity contribution in [3.8, 4) is 17.2 Å². The molecule has 1 amide bonds. The molecular formula is C17H16Cl2N2O4. The van der Waals surface area contributed by atoms with Crippen molar-refractivity contribution in [1.29, 1.82) is 0 Å². The van der Waals surface area contributed by atoms with Crippen LogP contribution in [0.25, 0.3) is 0 Å². The van der Waals surface area contributed by atoms with E-state index in [1.807, 2.05) is 0 Å². The summed E-state index contributed by atoms with van der Waals surface area (Å²) in [4.78, 5) is 11.8. The maximum Gasteiger partial charge on any atom is 0.277 e. The maximum absolute atomic E-state index is 11.8. The number of methoxy groups -OCH3 is 1. The van der Waals surface area contributed by atoms with Gasteiger partial charge in [-0.1, -0.05) is 23.2 Å². The van der Waals surface area contributed by atoms with Crippen molar-refractivity contribution >= 4 is 34.8 Å². The first-order chi connectivity index (χ1) is 11.9. The molecule has 0 radical (unpaired) electrons. The van der Waals surface area contributed by atoms with E-state index in [2.05, 4.69) is 10.5 Å². The van der Waals surface area contributed by atoms with Crippen molar-refractivity contribution in [2.45, 2.75) is 6.92 Å². The summed E-state index contributed by atoms with van der Waals surface area (Å²) in [5.41, 5.74) is 3.21. The quantitative estimate of drug-likeness (QED) is 0.590. The molecule has 0 heterocycles. The number of carbonyl (C=O) groups excluding carboxylic acids is 1. The summed E-state index contributed by atoms with van der Waals surface area (Å²) in [6.07, 6.45) is 0. The first-order valence-electron chi connectivity index (χ1n) is 7.19. The third-order valence-electron chi connectivity index (χ3n) is 3.19. The van der Waals surface area contributed by atoms with Gasteiger partial charge in [-0.05, 0) is 43.3 Å². The normalized spacial score (nSPS) is 11.1. The minimum absolute atomic E-state index is 0.0282. The van der Waals surface area contributed by atoms with Gasteiger partial charge in [-0.3, -0.25) is 4.79 Å². The molecule has 6 nitrogen and oxygen atoms in total. The number of nitrogens with zero attached hydrogens (tertiary/aromatic N) is 1. The highest BCUT2D eigenvalue weighted by Crippen LogP contribution is 2.27. The van der Waals surface area contributed by atoms with E-state index in [1.54, 1.807) is 31.2 Å². The molecular weight excluding hydrogens is 367 g/mol. The first kappa shape index (κ1) is 18.9. The lowest BCUT2D eigenvalue weighted by Gasteiger charge is -2.09.